The van der Waals surface area contributed by atoms with Crippen LogP contribution in [0.2, 0.25) is 0 Å². The zero-order valence-corrected chi connectivity index (χ0v) is 23.6. The van der Waals surface area contributed by atoms with Gasteiger partial charge in [0.2, 0.25) is 5.82 Å². The van der Waals surface area contributed by atoms with E-state index < -0.39 is 0 Å². The van der Waals surface area contributed by atoms with Crippen LogP contribution in [0.1, 0.15) is 32.0 Å². The Hall–Kier alpha value is -3.05. The SMILES string of the molecule is COc1ccc2c(c1)c(-c1nn[nH]n1)nn2Cc1ccc2oc(-c3nc(C(C)(C)C)cs3)cc2c1.[Na+]. The van der Waals surface area contributed by atoms with E-state index >= 15 is 0 Å². The minimum atomic E-state index is 0. The number of hydrogen-bond acceptors (Lipinski definition) is 8. The van der Waals surface area contributed by atoms with Crippen LogP contribution in [-0.4, -0.2) is 42.5 Å². The Morgan fingerprint density at radius 3 is 2.69 bits per heavy atom. The fourth-order valence-corrected chi connectivity index (χ4v) is 5.03. The van der Waals surface area contributed by atoms with E-state index in [1.807, 2.05) is 28.9 Å². The zero-order chi connectivity index (χ0) is 24.2. The molecule has 0 aliphatic heterocycles. The van der Waals surface area contributed by atoms with Gasteiger partial charge in [-0.2, -0.15) is 10.3 Å². The maximum atomic E-state index is 6.12. The minimum Gasteiger partial charge on any atom is -0.497 e. The van der Waals surface area contributed by atoms with Gasteiger partial charge in [0.05, 0.1) is 24.9 Å². The van der Waals surface area contributed by atoms with Crippen LogP contribution in [-0.2, 0) is 12.0 Å². The van der Waals surface area contributed by atoms with E-state index in [1.165, 1.54) is 0 Å². The van der Waals surface area contributed by atoms with Gasteiger partial charge in [0, 0.05) is 21.6 Å². The Kier molecular flexibility index (Phi) is 6.46. The largest absolute Gasteiger partial charge is 1.00 e. The number of thiazole rings is 1. The molecule has 11 heteroatoms. The van der Waals surface area contributed by atoms with Gasteiger partial charge in [0.1, 0.15) is 17.0 Å². The number of nitrogens with zero attached hydrogens (tertiary/aromatic N) is 6. The van der Waals surface area contributed by atoms with Crippen molar-refractivity contribution in [3.63, 3.8) is 0 Å². The van der Waals surface area contributed by atoms with E-state index in [4.69, 9.17) is 19.2 Å². The predicted molar refractivity (Wildman–Crippen MR) is 135 cm³/mol. The number of benzene rings is 2. The molecule has 0 radical (unpaired) electrons. The molecule has 0 fully saturated rings. The monoisotopic (exact) mass is 508 g/mol. The summed E-state index contributed by atoms with van der Waals surface area (Å²) in [6.07, 6.45) is 0. The normalized spacial score (nSPS) is 11.8. The van der Waals surface area contributed by atoms with Crippen molar-refractivity contribution in [1.29, 1.82) is 0 Å². The number of aromatic nitrogens is 7. The van der Waals surface area contributed by atoms with Crippen molar-refractivity contribution < 1.29 is 38.7 Å². The molecule has 0 aliphatic rings. The van der Waals surface area contributed by atoms with Crippen molar-refractivity contribution in [2.75, 3.05) is 7.11 Å². The first-order chi connectivity index (χ1) is 16.9. The summed E-state index contributed by atoms with van der Waals surface area (Å²) in [6.45, 7) is 7.06. The summed E-state index contributed by atoms with van der Waals surface area (Å²) in [5, 5.41) is 24.2. The molecule has 36 heavy (non-hydrogen) atoms. The number of tetrazole rings is 1. The number of hydrogen-bond donors (Lipinski definition) is 1. The Balaban J connectivity index is 0.00000267. The summed E-state index contributed by atoms with van der Waals surface area (Å²) in [7, 11) is 1.64. The van der Waals surface area contributed by atoms with Crippen LogP contribution in [0.4, 0.5) is 0 Å². The van der Waals surface area contributed by atoms with Crippen molar-refractivity contribution in [3.05, 3.63) is 59.1 Å². The van der Waals surface area contributed by atoms with Crippen molar-refractivity contribution in [1.82, 2.24) is 35.4 Å². The van der Waals surface area contributed by atoms with Gasteiger partial charge >= 0.3 is 29.6 Å². The fraction of sp³-hybridized carbons (Fsp3) is 0.240. The predicted octanol–water partition coefficient (Wildman–Crippen LogP) is 2.44. The molecule has 176 valence electrons. The molecule has 0 saturated carbocycles. The van der Waals surface area contributed by atoms with Crippen LogP contribution in [0.25, 0.3) is 44.2 Å². The summed E-state index contributed by atoms with van der Waals surface area (Å²) in [6, 6.07) is 14.1. The van der Waals surface area contributed by atoms with E-state index in [9.17, 15) is 0 Å². The van der Waals surface area contributed by atoms with Gasteiger partial charge in [-0.15, -0.1) is 21.5 Å². The van der Waals surface area contributed by atoms with Crippen molar-refractivity contribution in [2.45, 2.75) is 32.7 Å². The number of aromatic amines is 1. The molecule has 0 bridgehead atoms. The average Bonchev–Trinajstić information content (AvgIpc) is 3.63. The number of nitrogens with one attached hydrogen (secondary N) is 1. The number of methoxy groups -OCH3 is 1. The second-order valence-electron chi connectivity index (χ2n) is 9.40. The molecule has 4 aromatic heterocycles. The van der Waals surface area contributed by atoms with Crippen LogP contribution in [0, 0.1) is 0 Å². The maximum absolute atomic E-state index is 6.12. The third-order valence-electron chi connectivity index (χ3n) is 5.91. The van der Waals surface area contributed by atoms with Crippen LogP contribution < -0.4 is 34.3 Å². The molecule has 1 N–H and O–H groups in total. The molecule has 2 aromatic carbocycles. The van der Waals surface area contributed by atoms with Gasteiger partial charge in [0.25, 0.3) is 0 Å². The molecule has 0 unspecified atom stereocenters. The van der Waals surface area contributed by atoms with Crippen molar-refractivity contribution in [2.24, 2.45) is 0 Å². The first-order valence-corrected chi connectivity index (χ1v) is 12.0. The minimum absolute atomic E-state index is 0. The second-order valence-corrected chi connectivity index (χ2v) is 10.3. The maximum Gasteiger partial charge on any atom is 1.00 e. The quantitative estimate of drug-likeness (QED) is 0.357. The molecule has 0 aliphatic carbocycles. The molecular formula is C25H23N7NaO2S+. The topological polar surface area (TPSA) is 108 Å². The first kappa shape index (κ1) is 24.6. The van der Waals surface area contributed by atoms with Gasteiger partial charge in [-0.3, -0.25) is 4.68 Å². The molecule has 0 spiro atoms. The standard InChI is InChI=1S/C25H23N7O2S.Na/c1-25(2,3)21-13-35-24(26-21)20-10-15-9-14(5-8-19(15)34-20)12-32-18-7-6-16(33-4)11-17(18)22(29-32)23-27-30-31-28-23;/h5-11,13H,12H2,1-4H3,(H,27,28,30,31);/q;+1. The summed E-state index contributed by atoms with van der Waals surface area (Å²) < 4.78 is 13.5. The second kappa shape index (κ2) is 9.44. The van der Waals surface area contributed by atoms with E-state index in [0.29, 0.717) is 18.1 Å². The molecule has 6 aromatic rings. The van der Waals surface area contributed by atoms with Gasteiger partial charge in [-0.1, -0.05) is 26.8 Å². The van der Waals surface area contributed by atoms with Crippen LogP contribution in [0.3, 0.4) is 0 Å². The van der Waals surface area contributed by atoms with E-state index in [0.717, 1.165) is 49.6 Å². The van der Waals surface area contributed by atoms with Crippen LogP contribution in [0.15, 0.2) is 52.3 Å². The fourth-order valence-electron chi connectivity index (χ4n) is 4.03. The summed E-state index contributed by atoms with van der Waals surface area (Å²) in [5.41, 5.74) is 4.61. The zero-order valence-electron chi connectivity index (χ0n) is 20.7. The summed E-state index contributed by atoms with van der Waals surface area (Å²) >= 11 is 1.61. The van der Waals surface area contributed by atoms with Gasteiger partial charge < -0.3 is 9.15 Å². The molecular weight excluding hydrogens is 485 g/mol. The smallest absolute Gasteiger partial charge is 0.497 e. The Morgan fingerprint density at radius 1 is 1.11 bits per heavy atom. The average molecular weight is 509 g/mol. The number of H-pyrrole nitrogens is 1. The molecule has 0 atom stereocenters. The molecule has 4 heterocycles. The first-order valence-electron chi connectivity index (χ1n) is 11.2. The summed E-state index contributed by atoms with van der Waals surface area (Å²) in [4.78, 5) is 4.79. The molecule has 6 rings (SSSR count). The summed E-state index contributed by atoms with van der Waals surface area (Å²) in [5.74, 6) is 1.97. The Labute approximate surface area is 233 Å². The molecule has 9 nitrogen and oxygen atoms in total. The van der Waals surface area contributed by atoms with Crippen molar-refractivity contribution in [3.8, 4) is 28.0 Å². The molecule has 0 saturated heterocycles. The molecule has 0 amide bonds. The Morgan fingerprint density at radius 2 is 1.97 bits per heavy atom. The third-order valence-corrected chi connectivity index (χ3v) is 6.77. The van der Waals surface area contributed by atoms with Crippen LogP contribution in [0.5, 0.6) is 5.75 Å². The number of rotatable bonds is 5. The Bertz CT molecular complexity index is 1660. The van der Waals surface area contributed by atoms with Crippen LogP contribution >= 0.6 is 11.3 Å². The van der Waals surface area contributed by atoms with E-state index in [1.54, 1.807) is 18.4 Å². The van der Waals surface area contributed by atoms with E-state index in [2.05, 4.69) is 65.0 Å². The van der Waals surface area contributed by atoms with Crippen molar-refractivity contribution >= 4 is 33.2 Å². The van der Waals surface area contributed by atoms with Gasteiger partial charge in [0.15, 0.2) is 10.8 Å². The van der Waals surface area contributed by atoms with E-state index in [-0.39, 0.29) is 35.0 Å². The number of fused-ring (bicyclic) bond motifs is 2. The third kappa shape index (κ3) is 4.45. The van der Waals surface area contributed by atoms with Gasteiger partial charge in [-0.25, -0.2) is 4.98 Å². The number of furan rings is 1. The number of ether oxygens (including phenoxy) is 1. The van der Waals surface area contributed by atoms with Gasteiger partial charge in [-0.05, 0) is 47.2 Å².